The summed E-state index contributed by atoms with van der Waals surface area (Å²) < 4.78 is 16.4. The summed E-state index contributed by atoms with van der Waals surface area (Å²) in [4.78, 5) is 27.4. The molecule has 7 heteroatoms. The van der Waals surface area contributed by atoms with Crippen LogP contribution in [0.25, 0.3) is 5.76 Å². The summed E-state index contributed by atoms with van der Waals surface area (Å²) >= 11 is 0. The Balaban J connectivity index is 1.82. The van der Waals surface area contributed by atoms with Crippen LogP contribution in [-0.2, 0) is 20.7 Å². The Bertz CT molecular complexity index is 1060. The molecule has 168 valence electrons. The molecule has 1 fully saturated rings. The van der Waals surface area contributed by atoms with E-state index >= 15 is 0 Å². The van der Waals surface area contributed by atoms with E-state index in [-0.39, 0.29) is 24.5 Å². The van der Waals surface area contributed by atoms with Gasteiger partial charge in [0.15, 0.2) is 0 Å². The lowest BCUT2D eigenvalue weighted by Gasteiger charge is -2.25. The first kappa shape index (κ1) is 21.9. The number of Topliss-reactive ketones (excluding diaryl/α,β-unsaturated/α-hetero) is 1. The first-order chi connectivity index (χ1) is 15.5. The number of likely N-dealkylation sites (tertiary alicyclic amines) is 1. The van der Waals surface area contributed by atoms with Gasteiger partial charge in [-0.05, 0) is 61.2 Å². The molecule has 0 aliphatic carbocycles. The number of carbonyl (C=O) groups excluding carboxylic acids is 2. The van der Waals surface area contributed by atoms with E-state index in [0.29, 0.717) is 30.1 Å². The maximum Gasteiger partial charge on any atom is 0.295 e. The highest BCUT2D eigenvalue weighted by atomic mass is 16.5. The summed E-state index contributed by atoms with van der Waals surface area (Å²) in [5, 5.41) is 11.2. The zero-order valence-electron chi connectivity index (χ0n) is 18.3. The van der Waals surface area contributed by atoms with Crippen molar-refractivity contribution in [3.05, 3.63) is 64.7 Å². The Kier molecular flexibility index (Phi) is 6.46. The lowest BCUT2D eigenvalue weighted by Crippen LogP contribution is -2.32. The molecular weight excluding hydrogens is 410 g/mol. The minimum absolute atomic E-state index is 0.0661. The van der Waals surface area contributed by atoms with Gasteiger partial charge in [-0.25, -0.2) is 0 Å². The highest BCUT2D eigenvalue weighted by Gasteiger charge is 2.46. The van der Waals surface area contributed by atoms with Gasteiger partial charge in [0.1, 0.15) is 17.3 Å². The zero-order valence-corrected chi connectivity index (χ0v) is 18.3. The third kappa shape index (κ3) is 4.08. The van der Waals surface area contributed by atoms with Crippen LogP contribution in [0, 0.1) is 0 Å². The number of aliphatic hydroxyl groups excluding tert-OH is 1. The molecule has 1 N–H and O–H groups in total. The average molecular weight is 437 g/mol. The monoisotopic (exact) mass is 437 g/mol. The molecule has 4 rings (SSSR count). The summed E-state index contributed by atoms with van der Waals surface area (Å²) in [6.45, 7) is 3.53. The van der Waals surface area contributed by atoms with Gasteiger partial charge in [-0.3, -0.25) is 9.59 Å². The van der Waals surface area contributed by atoms with Crippen molar-refractivity contribution in [1.29, 1.82) is 0 Å². The van der Waals surface area contributed by atoms with Crippen LogP contribution in [0.4, 0.5) is 0 Å². The molecule has 2 aromatic rings. The van der Waals surface area contributed by atoms with Gasteiger partial charge in [-0.1, -0.05) is 12.1 Å². The van der Waals surface area contributed by atoms with Gasteiger partial charge in [0.05, 0.1) is 31.4 Å². The fourth-order valence-electron chi connectivity index (χ4n) is 4.25. The third-order valence-electron chi connectivity index (χ3n) is 5.74. The van der Waals surface area contributed by atoms with Crippen LogP contribution in [0.2, 0.25) is 0 Å². The van der Waals surface area contributed by atoms with Crippen LogP contribution >= 0.6 is 0 Å². The van der Waals surface area contributed by atoms with E-state index < -0.39 is 17.7 Å². The molecule has 32 heavy (non-hydrogen) atoms. The molecule has 2 aliphatic rings. The third-order valence-corrected chi connectivity index (χ3v) is 5.74. The van der Waals surface area contributed by atoms with Gasteiger partial charge >= 0.3 is 0 Å². The molecule has 0 spiro atoms. The van der Waals surface area contributed by atoms with E-state index in [4.69, 9.17) is 14.2 Å². The van der Waals surface area contributed by atoms with Gasteiger partial charge in [-0.15, -0.1) is 0 Å². The van der Waals surface area contributed by atoms with E-state index in [1.165, 1.54) is 12.0 Å². The van der Waals surface area contributed by atoms with E-state index in [0.717, 1.165) is 24.2 Å². The number of ketones is 1. The largest absolute Gasteiger partial charge is 0.507 e. The Morgan fingerprint density at radius 3 is 2.84 bits per heavy atom. The first-order valence-corrected chi connectivity index (χ1v) is 10.8. The lowest BCUT2D eigenvalue weighted by atomic mass is 9.94. The predicted octanol–water partition coefficient (Wildman–Crippen LogP) is 3.48. The molecule has 0 bridgehead atoms. The van der Waals surface area contributed by atoms with Crippen LogP contribution in [-0.4, -0.2) is 55.2 Å². The number of carbonyl (C=O) groups is 2. The number of benzene rings is 2. The Morgan fingerprint density at radius 2 is 2.06 bits per heavy atom. The van der Waals surface area contributed by atoms with Crippen LogP contribution in [0.5, 0.6) is 11.5 Å². The van der Waals surface area contributed by atoms with Crippen molar-refractivity contribution >= 4 is 17.4 Å². The standard InChI is InChI=1S/C25H27NO6/c1-3-31-19-8-4-6-17(15-19)22-21(24(28)25(29)26(22)11-13-30-2)23(27)18-9-10-20-16(14-18)7-5-12-32-20/h4,6,8-10,14-15,22,27H,3,5,7,11-13H2,1-2H3/b23-21-. The number of aryl methyl sites for hydroxylation is 1. The van der Waals surface area contributed by atoms with Crippen LogP contribution in [0.15, 0.2) is 48.0 Å². The number of hydrogen-bond donors (Lipinski definition) is 1. The minimum atomic E-state index is -0.738. The molecule has 2 heterocycles. The van der Waals surface area contributed by atoms with Crippen molar-refractivity contribution in [2.45, 2.75) is 25.8 Å². The highest BCUT2D eigenvalue weighted by Crippen LogP contribution is 2.40. The van der Waals surface area contributed by atoms with Crippen molar-refractivity contribution in [1.82, 2.24) is 4.90 Å². The summed E-state index contributed by atoms with van der Waals surface area (Å²) in [5.74, 6) is -0.137. The van der Waals surface area contributed by atoms with Crippen molar-refractivity contribution in [2.75, 3.05) is 33.5 Å². The molecule has 7 nitrogen and oxygen atoms in total. The second kappa shape index (κ2) is 9.44. The zero-order chi connectivity index (χ0) is 22.7. The SMILES string of the molecule is CCOc1cccc(C2/C(=C(/O)c3ccc4c(c3)CCCO4)C(=O)C(=O)N2CCOC)c1. The average Bonchev–Trinajstić information content (AvgIpc) is 3.07. The number of rotatable bonds is 7. The van der Waals surface area contributed by atoms with Gasteiger partial charge in [-0.2, -0.15) is 0 Å². The van der Waals surface area contributed by atoms with Crippen molar-refractivity contribution in [3.63, 3.8) is 0 Å². The van der Waals surface area contributed by atoms with E-state index in [9.17, 15) is 14.7 Å². The molecule has 0 radical (unpaired) electrons. The van der Waals surface area contributed by atoms with Gasteiger partial charge in [0, 0.05) is 19.2 Å². The summed E-state index contributed by atoms with van der Waals surface area (Å²) in [5.41, 5.74) is 2.22. The molecule has 1 atom stereocenters. The molecule has 0 aromatic heterocycles. The van der Waals surface area contributed by atoms with Crippen molar-refractivity contribution < 1.29 is 28.9 Å². The number of ether oxygens (including phenoxy) is 3. The maximum absolute atomic E-state index is 13.1. The second-order valence-corrected chi connectivity index (χ2v) is 7.77. The fourth-order valence-corrected chi connectivity index (χ4v) is 4.25. The van der Waals surface area contributed by atoms with Crippen LogP contribution in [0.3, 0.4) is 0 Å². The number of fused-ring (bicyclic) bond motifs is 1. The quantitative estimate of drug-likeness (QED) is 0.406. The molecule has 0 saturated carbocycles. The molecule has 1 unspecified atom stereocenters. The smallest absolute Gasteiger partial charge is 0.295 e. The number of aliphatic hydroxyl groups is 1. The van der Waals surface area contributed by atoms with E-state index in [1.54, 1.807) is 18.2 Å². The molecule has 2 aromatic carbocycles. The molecular formula is C25H27NO6. The van der Waals surface area contributed by atoms with Crippen molar-refractivity contribution in [2.24, 2.45) is 0 Å². The first-order valence-electron chi connectivity index (χ1n) is 10.8. The van der Waals surface area contributed by atoms with Crippen LogP contribution in [0.1, 0.15) is 36.1 Å². The summed E-state index contributed by atoms with van der Waals surface area (Å²) in [7, 11) is 1.54. The number of nitrogens with zero attached hydrogens (tertiary/aromatic N) is 1. The summed E-state index contributed by atoms with van der Waals surface area (Å²) in [6.07, 6.45) is 1.72. The molecule has 1 amide bonds. The maximum atomic E-state index is 13.1. The topological polar surface area (TPSA) is 85.3 Å². The Morgan fingerprint density at radius 1 is 1.22 bits per heavy atom. The fraction of sp³-hybridized carbons (Fsp3) is 0.360. The van der Waals surface area contributed by atoms with Crippen LogP contribution < -0.4 is 9.47 Å². The Labute approximate surface area is 187 Å². The normalized spacial score (nSPS) is 19.6. The second-order valence-electron chi connectivity index (χ2n) is 7.77. The lowest BCUT2D eigenvalue weighted by molar-refractivity contribution is -0.140. The van der Waals surface area contributed by atoms with Gasteiger partial charge in [0.2, 0.25) is 0 Å². The van der Waals surface area contributed by atoms with E-state index in [1.807, 2.05) is 31.2 Å². The van der Waals surface area contributed by atoms with Gasteiger partial charge < -0.3 is 24.2 Å². The highest BCUT2D eigenvalue weighted by molar-refractivity contribution is 6.46. The number of methoxy groups -OCH3 is 1. The van der Waals surface area contributed by atoms with Crippen molar-refractivity contribution in [3.8, 4) is 11.5 Å². The summed E-state index contributed by atoms with van der Waals surface area (Å²) in [6, 6.07) is 11.9. The van der Waals surface area contributed by atoms with E-state index in [2.05, 4.69) is 0 Å². The minimum Gasteiger partial charge on any atom is -0.507 e. The Hall–Kier alpha value is -3.32. The molecule has 1 saturated heterocycles. The van der Waals surface area contributed by atoms with Gasteiger partial charge in [0.25, 0.3) is 11.7 Å². The molecule has 2 aliphatic heterocycles. The predicted molar refractivity (Wildman–Crippen MR) is 119 cm³/mol. The number of hydrogen-bond acceptors (Lipinski definition) is 6. The number of amides is 1.